The molecule has 1 aromatic heterocycles. The number of nitrogens with one attached hydrogen (secondary N) is 2. The van der Waals surface area contributed by atoms with Crippen LogP contribution in [-0.2, 0) is 4.79 Å². The summed E-state index contributed by atoms with van der Waals surface area (Å²) >= 11 is 12.2. The molecule has 0 aliphatic carbocycles. The van der Waals surface area contributed by atoms with Gasteiger partial charge in [-0.25, -0.2) is 4.79 Å². The number of benzene rings is 2. The lowest BCUT2D eigenvalue weighted by Crippen LogP contribution is -2.03. The van der Waals surface area contributed by atoms with Crippen LogP contribution in [0, 0.1) is 13.8 Å². The molecule has 0 spiro atoms. The largest absolute Gasteiger partial charge is 0.478 e. The average Bonchev–Trinajstić information content (AvgIpc) is 3.09. The molecule has 29 heavy (non-hydrogen) atoms. The van der Waals surface area contributed by atoms with E-state index < -0.39 is 5.97 Å². The highest BCUT2D eigenvalue weighted by Crippen LogP contribution is 2.37. The first-order valence-electron chi connectivity index (χ1n) is 8.81. The molecule has 146 valence electrons. The summed E-state index contributed by atoms with van der Waals surface area (Å²) in [5.74, 6) is -1.24. The van der Waals surface area contributed by atoms with Crippen molar-refractivity contribution in [3.8, 4) is 11.1 Å². The lowest BCUT2D eigenvalue weighted by Gasteiger charge is -2.06. The van der Waals surface area contributed by atoms with Crippen molar-refractivity contribution in [3.05, 3.63) is 74.5 Å². The first-order valence-corrected chi connectivity index (χ1v) is 9.56. The number of aromatic amines is 1. The third-order valence-corrected chi connectivity index (χ3v) is 5.41. The van der Waals surface area contributed by atoms with E-state index in [1.165, 1.54) is 0 Å². The van der Waals surface area contributed by atoms with Crippen molar-refractivity contribution < 1.29 is 14.7 Å². The smallest absolute Gasteiger partial charge is 0.337 e. The summed E-state index contributed by atoms with van der Waals surface area (Å²) in [6.07, 6.45) is 1.69. The molecule has 0 saturated heterocycles. The summed E-state index contributed by atoms with van der Waals surface area (Å²) in [4.78, 5) is 27.1. The zero-order valence-electron chi connectivity index (χ0n) is 15.6. The second-order valence-electron chi connectivity index (χ2n) is 6.90. The number of hydrogen-bond donors (Lipinski definition) is 3. The second kappa shape index (κ2) is 7.10. The number of halogens is 2. The molecule has 4 rings (SSSR count). The molecule has 7 heteroatoms. The third kappa shape index (κ3) is 3.43. The second-order valence-corrected chi connectivity index (χ2v) is 7.77. The van der Waals surface area contributed by atoms with E-state index in [1.54, 1.807) is 38.1 Å². The number of anilines is 1. The molecule has 1 aliphatic heterocycles. The summed E-state index contributed by atoms with van der Waals surface area (Å²) in [7, 11) is 0. The number of carbonyl (C=O) groups excluding carboxylic acids is 1. The van der Waals surface area contributed by atoms with Gasteiger partial charge >= 0.3 is 5.97 Å². The Hall–Kier alpha value is -3.02. The number of H-pyrrole nitrogens is 1. The SMILES string of the molecule is Cc1[nH]c(C=C2C(=O)Nc3cc(-c4cc(Cl)cc(Cl)c4)ccc32)c(C)c1C(=O)O. The van der Waals surface area contributed by atoms with Gasteiger partial charge in [0.2, 0.25) is 0 Å². The van der Waals surface area contributed by atoms with Crippen LogP contribution in [0.4, 0.5) is 5.69 Å². The van der Waals surface area contributed by atoms with E-state index in [2.05, 4.69) is 10.3 Å². The van der Waals surface area contributed by atoms with Crippen molar-refractivity contribution in [1.29, 1.82) is 0 Å². The normalized spacial score (nSPS) is 14.2. The molecule has 1 amide bonds. The molecule has 3 aromatic rings. The fourth-order valence-electron chi connectivity index (χ4n) is 3.62. The number of carbonyl (C=O) groups is 2. The molecule has 0 atom stereocenters. The molecule has 0 bridgehead atoms. The highest BCUT2D eigenvalue weighted by Gasteiger charge is 2.26. The molecule has 3 N–H and O–H groups in total. The van der Waals surface area contributed by atoms with Gasteiger partial charge in [0.1, 0.15) is 0 Å². The molecule has 2 heterocycles. The van der Waals surface area contributed by atoms with Crippen LogP contribution in [0.1, 0.15) is 32.9 Å². The molecular formula is C22H16Cl2N2O3. The summed E-state index contributed by atoms with van der Waals surface area (Å²) in [5, 5.41) is 13.3. The van der Waals surface area contributed by atoms with E-state index in [0.29, 0.717) is 38.3 Å². The number of aromatic carboxylic acids is 1. The van der Waals surface area contributed by atoms with Crippen molar-refractivity contribution in [2.75, 3.05) is 5.32 Å². The Bertz CT molecular complexity index is 1200. The molecule has 5 nitrogen and oxygen atoms in total. The number of rotatable bonds is 3. The van der Waals surface area contributed by atoms with E-state index in [9.17, 15) is 14.7 Å². The zero-order valence-corrected chi connectivity index (χ0v) is 17.1. The van der Waals surface area contributed by atoms with Gasteiger partial charge in [-0.2, -0.15) is 0 Å². The lowest BCUT2D eigenvalue weighted by atomic mass is 9.99. The van der Waals surface area contributed by atoms with Crippen molar-refractivity contribution in [2.24, 2.45) is 0 Å². The van der Waals surface area contributed by atoms with Crippen LogP contribution in [0.3, 0.4) is 0 Å². The van der Waals surface area contributed by atoms with Crippen LogP contribution in [0.25, 0.3) is 22.8 Å². The fraction of sp³-hybridized carbons (Fsp3) is 0.0909. The predicted octanol–water partition coefficient (Wildman–Crippen LogP) is 5.80. The van der Waals surface area contributed by atoms with Gasteiger partial charge < -0.3 is 15.4 Å². The Balaban J connectivity index is 1.77. The molecular weight excluding hydrogens is 411 g/mol. The standard InChI is InChI=1S/C22H16Cl2N2O3/c1-10-18(25-11(2)20(10)22(28)29)9-17-16-4-3-12(7-19(16)26-21(17)27)13-5-14(23)8-15(24)6-13/h3-9,25H,1-2H3,(H,26,27)(H,28,29). The Kier molecular flexibility index (Phi) is 4.73. The number of hydrogen-bond acceptors (Lipinski definition) is 2. The maximum atomic E-state index is 12.6. The summed E-state index contributed by atoms with van der Waals surface area (Å²) in [6, 6.07) is 10.9. The zero-order chi connectivity index (χ0) is 20.9. The number of fused-ring (bicyclic) bond motifs is 1. The van der Waals surface area contributed by atoms with Crippen molar-refractivity contribution in [1.82, 2.24) is 4.98 Å². The molecule has 0 radical (unpaired) electrons. The minimum Gasteiger partial charge on any atom is -0.478 e. The number of carboxylic acids is 1. The Morgan fingerprint density at radius 3 is 2.34 bits per heavy atom. The van der Waals surface area contributed by atoms with E-state index in [0.717, 1.165) is 16.7 Å². The van der Waals surface area contributed by atoms with Crippen LogP contribution in [0.5, 0.6) is 0 Å². The van der Waals surface area contributed by atoms with Gasteiger partial charge in [0.05, 0.1) is 11.1 Å². The maximum Gasteiger partial charge on any atom is 0.337 e. The fourth-order valence-corrected chi connectivity index (χ4v) is 4.15. The Morgan fingerprint density at radius 1 is 1.03 bits per heavy atom. The number of carboxylic acid groups (broad SMARTS) is 1. The third-order valence-electron chi connectivity index (χ3n) is 4.98. The van der Waals surface area contributed by atoms with Crippen LogP contribution >= 0.6 is 23.2 Å². The molecule has 2 aromatic carbocycles. The number of amides is 1. The lowest BCUT2D eigenvalue weighted by molar-refractivity contribution is -0.110. The molecule has 1 aliphatic rings. The van der Waals surface area contributed by atoms with Crippen LogP contribution in [0.15, 0.2) is 36.4 Å². The van der Waals surface area contributed by atoms with E-state index in [4.69, 9.17) is 23.2 Å². The van der Waals surface area contributed by atoms with Gasteiger partial charge in [0.25, 0.3) is 5.91 Å². The van der Waals surface area contributed by atoms with E-state index >= 15 is 0 Å². The number of aryl methyl sites for hydroxylation is 1. The molecule has 0 fully saturated rings. The Labute approximate surface area is 177 Å². The first kappa shape index (κ1) is 19.3. The topological polar surface area (TPSA) is 82.2 Å². The molecule has 0 unspecified atom stereocenters. The summed E-state index contributed by atoms with van der Waals surface area (Å²) < 4.78 is 0. The van der Waals surface area contributed by atoms with Gasteiger partial charge in [-0.15, -0.1) is 0 Å². The summed E-state index contributed by atoms with van der Waals surface area (Å²) in [6.45, 7) is 3.42. The van der Waals surface area contributed by atoms with Crippen molar-refractivity contribution in [2.45, 2.75) is 13.8 Å². The molecule has 0 saturated carbocycles. The van der Waals surface area contributed by atoms with Crippen LogP contribution in [0.2, 0.25) is 10.0 Å². The average molecular weight is 427 g/mol. The summed E-state index contributed by atoms with van der Waals surface area (Å²) in [5.41, 5.74) is 5.57. The van der Waals surface area contributed by atoms with Gasteiger partial charge in [0, 0.05) is 32.7 Å². The maximum absolute atomic E-state index is 12.6. The quantitative estimate of drug-likeness (QED) is 0.463. The van der Waals surface area contributed by atoms with Gasteiger partial charge in [-0.05, 0) is 60.9 Å². The highest BCUT2D eigenvalue weighted by atomic mass is 35.5. The van der Waals surface area contributed by atoms with Gasteiger partial charge in [0.15, 0.2) is 0 Å². The van der Waals surface area contributed by atoms with Crippen LogP contribution < -0.4 is 5.32 Å². The minimum atomic E-state index is -0.998. The van der Waals surface area contributed by atoms with Gasteiger partial charge in [-0.1, -0.05) is 35.3 Å². The van der Waals surface area contributed by atoms with Gasteiger partial charge in [-0.3, -0.25) is 4.79 Å². The monoisotopic (exact) mass is 426 g/mol. The highest BCUT2D eigenvalue weighted by molar-refractivity contribution is 6.36. The van der Waals surface area contributed by atoms with Crippen molar-refractivity contribution >= 4 is 52.4 Å². The van der Waals surface area contributed by atoms with E-state index in [-0.39, 0.29) is 11.5 Å². The van der Waals surface area contributed by atoms with E-state index in [1.807, 2.05) is 18.2 Å². The predicted molar refractivity (Wildman–Crippen MR) is 116 cm³/mol. The van der Waals surface area contributed by atoms with Crippen molar-refractivity contribution in [3.63, 3.8) is 0 Å². The first-order chi connectivity index (χ1) is 13.7. The Morgan fingerprint density at radius 2 is 1.72 bits per heavy atom. The minimum absolute atomic E-state index is 0.226. The number of aromatic nitrogens is 1. The van der Waals surface area contributed by atoms with Crippen LogP contribution in [-0.4, -0.2) is 22.0 Å².